The second-order valence-electron chi connectivity index (χ2n) is 4.57. The first-order chi connectivity index (χ1) is 9.58. The summed E-state index contributed by atoms with van der Waals surface area (Å²) in [7, 11) is 0. The van der Waals surface area contributed by atoms with Crippen LogP contribution in [0.15, 0.2) is 42.5 Å². The number of nitrogens with one attached hydrogen (secondary N) is 1. The third-order valence-corrected chi connectivity index (χ3v) is 3.04. The normalized spacial score (nSPS) is 10.2. The number of carbonyl (C=O) groups is 3. The molecule has 0 aliphatic heterocycles. The first kappa shape index (κ1) is 13.9. The summed E-state index contributed by atoms with van der Waals surface area (Å²) in [5.74, 6) is -1.39. The Bertz CT molecular complexity index is 671. The fraction of sp³-hybridized carbons (Fsp3) is 0.188. The summed E-state index contributed by atoms with van der Waals surface area (Å²) in [4.78, 5) is 34.2. The highest BCUT2D eigenvalue weighted by Crippen LogP contribution is 2.19. The molecule has 1 amide bonds. The van der Waals surface area contributed by atoms with Crippen molar-refractivity contribution in [1.29, 1.82) is 0 Å². The predicted molar refractivity (Wildman–Crippen MR) is 76.3 cm³/mol. The Morgan fingerprint density at radius 2 is 1.65 bits per heavy atom. The highest BCUT2D eigenvalue weighted by Gasteiger charge is 2.15. The number of benzene rings is 2. The number of carbonyl (C=O) groups excluding carboxylic acids is 3. The Hall–Kier alpha value is -2.49. The van der Waals surface area contributed by atoms with Crippen LogP contribution in [0.4, 0.5) is 0 Å². The highest BCUT2D eigenvalue weighted by molar-refractivity contribution is 6.38. The van der Waals surface area contributed by atoms with Gasteiger partial charge in [0.1, 0.15) is 0 Å². The summed E-state index contributed by atoms with van der Waals surface area (Å²) < 4.78 is 0. The molecule has 20 heavy (non-hydrogen) atoms. The smallest absolute Gasteiger partial charge is 0.217 e. The van der Waals surface area contributed by atoms with Gasteiger partial charge >= 0.3 is 0 Å². The standard InChI is InChI=1S/C16H15NO3/c1-11(18)17-10-16(20)15(19)9-13-7-4-6-12-5-2-3-8-14(12)13/h2-8H,9-10H2,1H3,(H,17,18). The summed E-state index contributed by atoms with van der Waals surface area (Å²) in [5, 5.41) is 4.34. The van der Waals surface area contributed by atoms with E-state index in [1.165, 1.54) is 6.92 Å². The van der Waals surface area contributed by atoms with Gasteiger partial charge in [-0.15, -0.1) is 0 Å². The second kappa shape index (κ2) is 6.10. The van der Waals surface area contributed by atoms with Crippen LogP contribution in [0.25, 0.3) is 10.8 Å². The minimum atomic E-state index is -0.576. The van der Waals surface area contributed by atoms with Crippen molar-refractivity contribution in [1.82, 2.24) is 5.32 Å². The van der Waals surface area contributed by atoms with Gasteiger partial charge in [0.2, 0.25) is 17.5 Å². The predicted octanol–water partition coefficient (Wildman–Crippen LogP) is 1.66. The van der Waals surface area contributed by atoms with Crippen LogP contribution in [0.3, 0.4) is 0 Å². The van der Waals surface area contributed by atoms with E-state index in [2.05, 4.69) is 5.32 Å². The fourth-order valence-corrected chi connectivity index (χ4v) is 2.02. The van der Waals surface area contributed by atoms with Gasteiger partial charge in [0.25, 0.3) is 0 Å². The molecule has 4 heteroatoms. The van der Waals surface area contributed by atoms with Crippen molar-refractivity contribution < 1.29 is 14.4 Å². The molecule has 102 valence electrons. The molecule has 0 heterocycles. The molecule has 4 nitrogen and oxygen atoms in total. The van der Waals surface area contributed by atoms with Crippen molar-refractivity contribution in [2.45, 2.75) is 13.3 Å². The Labute approximate surface area is 116 Å². The van der Waals surface area contributed by atoms with E-state index in [9.17, 15) is 14.4 Å². The lowest BCUT2D eigenvalue weighted by molar-refractivity contribution is -0.136. The topological polar surface area (TPSA) is 63.2 Å². The van der Waals surface area contributed by atoms with E-state index < -0.39 is 11.6 Å². The number of ketones is 2. The van der Waals surface area contributed by atoms with Crippen LogP contribution in [0.5, 0.6) is 0 Å². The highest BCUT2D eigenvalue weighted by atomic mass is 16.2. The lowest BCUT2D eigenvalue weighted by atomic mass is 9.99. The lowest BCUT2D eigenvalue weighted by Gasteiger charge is -2.06. The van der Waals surface area contributed by atoms with Crippen LogP contribution >= 0.6 is 0 Å². The van der Waals surface area contributed by atoms with Crippen LogP contribution in [0, 0.1) is 0 Å². The molecule has 0 atom stereocenters. The largest absolute Gasteiger partial charge is 0.349 e. The number of Topliss-reactive ketones (excluding diaryl/α,β-unsaturated/α-hetero) is 2. The zero-order valence-electron chi connectivity index (χ0n) is 11.2. The molecule has 0 saturated heterocycles. The van der Waals surface area contributed by atoms with Gasteiger partial charge < -0.3 is 5.32 Å². The molecule has 0 aliphatic rings. The lowest BCUT2D eigenvalue weighted by Crippen LogP contribution is -2.32. The van der Waals surface area contributed by atoms with Crippen molar-refractivity contribution >= 4 is 28.2 Å². The van der Waals surface area contributed by atoms with Crippen molar-refractivity contribution in [3.63, 3.8) is 0 Å². The van der Waals surface area contributed by atoms with Gasteiger partial charge in [-0.05, 0) is 16.3 Å². The van der Waals surface area contributed by atoms with E-state index in [1.54, 1.807) is 0 Å². The fourth-order valence-electron chi connectivity index (χ4n) is 2.02. The van der Waals surface area contributed by atoms with Crippen LogP contribution in [0.2, 0.25) is 0 Å². The molecule has 0 bridgehead atoms. The maximum atomic E-state index is 11.9. The zero-order chi connectivity index (χ0) is 14.5. The first-order valence-electron chi connectivity index (χ1n) is 6.35. The molecule has 0 aromatic heterocycles. The van der Waals surface area contributed by atoms with Crippen molar-refractivity contribution in [2.24, 2.45) is 0 Å². The third kappa shape index (κ3) is 3.29. The SMILES string of the molecule is CC(=O)NCC(=O)C(=O)Cc1cccc2ccccc12. The molecule has 1 N–H and O–H groups in total. The molecule has 0 radical (unpaired) electrons. The van der Waals surface area contributed by atoms with Crippen molar-refractivity contribution in [3.8, 4) is 0 Å². The Morgan fingerprint density at radius 1 is 0.950 bits per heavy atom. The summed E-state index contributed by atoms with van der Waals surface area (Å²) in [6, 6.07) is 13.4. The van der Waals surface area contributed by atoms with E-state index in [0.717, 1.165) is 16.3 Å². The first-order valence-corrected chi connectivity index (χ1v) is 6.35. The molecule has 0 saturated carbocycles. The molecular weight excluding hydrogens is 254 g/mol. The molecule has 0 aliphatic carbocycles. The van der Waals surface area contributed by atoms with Gasteiger partial charge in [-0.1, -0.05) is 42.5 Å². The molecule has 0 unspecified atom stereocenters. The molecule has 2 rings (SSSR count). The van der Waals surface area contributed by atoms with Crippen LogP contribution in [-0.2, 0) is 20.8 Å². The number of rotatable bonds is 5. The molecule has 2 aromatic rings. The van der Waals surface area contributed by atoms with Gasteiger partial charge in [0.05, 0.1) is 6.54 Å². The van der Waals surface area contributed by atoms with Crippen LogP contribution in [0.1, 0.15) is 12.5 Å². The second-order valence-corrected chi connectivity index (χ2v) is 4.57. The average molecular weight is 269 g/mol. The van der Waals surface area contributed by atoms with Crippen LogP contribution < -0.4 is 5.32 Å². The molecule has 0 fully saturated rings. The van der Waals surface area contributed by atoms with Gasteiger partial charge in [-0.2, -0.15) is 0 Å². The third-order valence-electron chi connectivity index (χ3n) is 3.04. The van der Waals surface area contributed by atoms with E-state index in [4.69, 9.17) is 0 Å². The molecule has 2 aromatic carbocycles. The van der Waals surface area contributed by atoms with E-state index >= 15 is 0 Å². The van der Waals surface area contributed by atoms with Crippen LogP contribution in [-0.4, -0.2) is 24.0 Å². The summed E-state index contributed by atoms with van der Waals surface area (Å²) in [6.45, 7) is 1.07. The summed E-state index contributed by atoms with van der Waals surface area (Å²) in [6.07, 6.45) is 0.0553. The average Bonchev–Trinajstić information content (AvgIpc) is 2.45. The number of hydrogen-bond acceptors (Lipinski definition) is 3. The van der Waals surface area contributed by atoms with Gasteiger partial charge in [-0.3, -0.25) is 14.4 Å². The Balaban J connectivity index is 2.14. The Kier molecular flexibility index (Phi) is 4.25. The number of hydrogen-bond donors (Lipinski definition) is 1. The van der Waals surface area contributed by atoms with Gasteiger partial charge in [0, 0.05) is 13.3 Å². The maximum absolute atomic E-state index is 11.9. The minimum absolute atomic E-state index is 0.0553. The van der Waals surface area contributed by atoms with Crippen molar-refractivity contribution in [3.05, 3.63) is 48.0 Å². The monoisotopic (exact) mass is 269 g/mol. The minimum Gasteiger partial charge on any atom is -0.349 e. The quantitative estimate of drug-likeness (QED) is 0.840. The van der Waals surface area contributed by atoms with Gasteiger partial charge in [0.15, 0.2) is 0 Å². The number of fused-ring (bicyclic) bond motifs is 1. The summed E-state index contributed by atoms with van der Waals surface area (Å²) >= 11 is 0. The zero-order valence-corrected chi connectivity index (χ0v) is 11.2. The van der Waals surface area contributed by atoms with Gasteiger partial charge in [-0.25, -0.2) is 0 Å². The molecule has 0 spiro atoms. The summed E-state index contributed by atoms with van der Waals surface area (Å²) in [5.41, 5.74) is 0.823. The maximum Gasteiger partial charge on any atom is 0.217 e. The van der Waals surface area contributed by atoms with E-state index in [1.807, 2.05) is 42.5 Å². The molecular formula is C16H15NO3. The van der Waals surface area contributed by atoms with E-state index in [0.29, 0.717) is 0 Å². The number of amides is 1. The Morgan fingerprint density at radius 3 is 2.40 bits per heavy atom. The van der Waals surface area contributed by atoms with E-state index in [-0.39, 0.29) is 18.9 Å². The van der Waals surface area contributed by atoms with Crippen molar-refractivity contribution in [2.75, 3.05) is 6.54 Å².